The van der Waals surface area contributed by atoms with Gasteiger partial charge in [-0.15, -0.1) is 11.3 Å². The average Bonchev–Trinajstić information content (AvgIpc) is 3.38. The van der Waals surface area contributed by atoms with Gasteiger partial charge in [-0.25, -0.2) is 9.97 Å². The molecule has 1 saturated carbocycles. The van der Waals surface area contributed by atoms with Crippen LogP contribution < -0.4 is 5.32 Å². The molecule has 0 radical (unpaired) electrons. The Morgan fingerprint density at radius 2 is 1.74 bits per heavy atom. The molecule has 0 unspecified atom stereocenters. The number of amides is 1. The van der Waals surface area contributed by atoms with Crippen molar-refractivity contribution in [1.82, 2.24) is 9.97 Å². The molecule has 2 N–H and O–H groups in total. The highest BCUT2D eigenvalue weighted by atomic mass is 32.1. The standard InChI is InChI=1S/C28H27N3O3S/c32-26(16-22(28(33)34)18-7-3-1-4-8-18)31-25-14-13-20-11-12-21(15-23(20)29-25)27-30-24(17-35-27)19-9-5-2-6-10-19/h2,5-6,9-15,17-18,22H,1,3-4,7-8,16H2,(H,33,34)(H,29,31,32)/t22-/m0/s1. The van der Waals surface area contributed by atoms with Crippen LogP contribution in [0.25, 0.3) is 32.7 Å². The average molecular weight is 486 g/mol. The van der Waals surface area contributed by atoms with Crippen LogP contribution in [0, 0.1) is 11.8 Å². The Bertz CT molecular complexity index is 1350. The fourth-order valence-electron chi connectivity index (χ4n) is 4.85. The molecule has 1 atom stereocenters. The second-order valence-corrected chi connectivity index (χ2v) is 9.96. The van der Waals surface area contributed by atoms with Crippen molar-refractivity contribution in [3.63, 3.8) is 0 Å². The highest BCUT2D eigenvalue weighted by Gasteiger charge is 2.31. The monoisotopic (exact) mass is 485 g/mol. The second kappa shape index (κ2) is 10.4. The zero-order valence-corrected chi connectivity index (χ0v) is 20.1. The van der Waals surface area contributed by atoms with E-state index in [0.717, 1.165) is 64.8 Å². The lowest BCUT2D eigenvalue weighted by atomic mass is 9.78. The van der Waals surface area contributed by atoms with Crippen molar-refractivity contribution >= 4 is 39.9 Å². The largest absolute Gasteiger partial charge is 0.481 e. The molecule has 4 aromatic rings. The fourth-order valence-corrected chi connectivity index (χ4v) is 5.68. The number of rotatable bonds is 7. The number of hydrogen-bond acceptors (Lipinski definition) is 5. The number of carbonyl (C=O) groups is 2. The predicted octanol–water partition coefficient (Wildman–Crippen LogP) is 6.64. The number of hydrogen-bond donors (Lipinski definition) is 2. The lowest BCUT2D eigenvalue weighted by Crippen LogP contribution is -2.30. The Labute approximate surface area is 208 Å². The third kappa shape index (κ3) is 5.41. The predicted molar refractivity (Wildman–Crippen MR) is 139 cm³/mol. The number of thiazole rings is 1. The maximum Gasteiger partial charge on any atom is 0.307 e. The third-order valence-corrected chi connectivity index (χ3v) is 7.61. The number of nitrogens with zero attached hydrogens (tertiary/aromatic N) is 2. The van der Waals surface area contributed by atoms with Crippen LogP contribution >= 0.6 is 11.3 Å². The van der Waals surface area contributed by atoms with Crippen LogP contribution in [0.3, 0.4) is 0 Å². The van der Waals surface area contributed by atoms with Crippen LogP contribution in [0.4, 0.5) is 5.82 Å². The Morgan fingerprint density at radius 1 is 0.971 bits per heavy atom. The molecular formula is C28H27N3O3S. The summed E-state index contributed by atoms with van der Waals surface area (Å²) in [6, 6.07) is 19.7. The summed E-state index contributed by atoms with van der Waals surface area (Å²) in [4.78, 5) is 34.0. The first-order chi connectivity index (χ1) is 17.1. The minimum atomic E-state index is -0.888. The van der Waals surface area contributed by atoms with E-state index in [2.05, 4.69) is 10.3 Å². The van der Waals surface area contributed by atoms with E-state index in [4.69, 9.17) is 4.98 Å². The maximum absolute atomic E-state index is 12.7. The van der Waals surface area contributed by atoms with Gasteiger partial charge in [0.1, 0.15) is 10.8 Å². The van der Waals surface area contributed by atoms with E-state index in [9.17, 15) is 14.7 Å². The molecule has 0 bridgehead atoms. The highest BCUT2D eigenvalue weighted by Crippen LogP contribution is 2.33. The van der Waals surface area contributed by atoms with Gasteiger partial charge >= 0.3 is 5.97 Å². The number of aliphatic carboxylic acids is 1. The van der Waals surface area contributed by atoms with Gasteiger partial charge in [0, 0.05) is 28.3 Å². The number of aromatic nitrogens is 2. The first-order valence-electron chi connectivity index (χ1n) is 12.0. The van der Waals surface area contributed by atoms with Gasteiger partial charge in [-0.05, 0) is 37.0 Å². The number of benzene rings is 2. The minimum Gasteiger partial charge on any atom is -0.481 e. The molecule has 178 valence electrons. The van der Waals surface area contributed by atoms with Crippen molar-refractivity contribution in [3.8, 4) is 21.8 Å². The molecule has 0 saturated heterocycles. The maximum atomic E-state index is 12.7. The quantitative estimate of drug-likeness (QED) is 0.306. The van der Waals surface area contributed by atoms with Gasteiger partial charge in [0.15, 0.2) is 0 Å². The molecule has 2 aromatic heterocycles. The fraction of sp³-hybridized carbons (Fsp3) is 0.286. The van der Waals surface area contributed by atoms with E-state index in [1.165, 1.54) is 0 Å². The molecule has 1 amide bonds. The summed E-state index contributed by atoms with van der Waals surface area (Å²) in [6.07, 6.45) is 4.95. The summed E-state index contributed by atoms with van der Waals surface area (Å²) in [5.74, 6) is -1.35. The molecule has 0 aliphatic heterocycles. The molecule has 35 heavy (non-hydrogen) atoms. The number of anilines is 1. The van der Waals surface area contributed by atoms with Crippen molar-refractivity contribution in [3.05, 3.63) is 66.0 Å². The lowest BCUT2D eigenvalue weighted by molar-refractivity contribution is -0.146. The van der Waals surface area contributed by atoms with Crippen LogP contribution in [0.5, 0.6) is 0 Å². The topological polar surface area (TPSA) is 92.2 Å². The minimum absolute atomic E-state index is 0.0267. The van der Waals surface area contributed by atoms with E-state index in [-0.39, 0.29) is 18.2 Å². The Hall–Kier alpha value is -3.58. The number of fused-ring (bicyclic) bond motifs is 1. The van der Waals surface area contributed by atoms with Crippen LogP contribution in [-0.2, 0) is 9.59 Å². The van der Waals surface area contributed by atoms with Gasteiger partial charge < -0.3 is 10.4 Å². The van der Waals surface area contributed by atoms with Crippen LogP contribution in [0.1, 0.15) is 38.5 Å². The van der Waals surface area contributed by atoms with Crippen molar-refractivity contribution in [2.45, 2.75) is 38.5 Å². The number of carboxylic acids is 1. The molecule has 2 heterocycles. The molecule has 2 aromatic carbocycles. The first kappa shape index (κ1) is 23.2. The van der Waals surface area contributed by atoms with E-state index in [1.54, 1.807) is 17.4 Å². The van der Waals surface area contributed by atoms with Gasteiger partial charge in [-0.1, -0.05) is 61.7 Å². The lowest BCUT2D eigenvalue weighted by Gasteiger charge is -2.27. The number of nitrogens with one attached hydrogen (secondary N) is 1. The van der Waals surface area contributed by atoms with Gasteiger partial charge in [0.25, 0.3) is 0 Å². The van der Waals surface area contributed by atoms with Gasteiger partial charge in [0.05, 0.1) is 17.1 Å². The summed E-state index contributed by atoms with van der Waals surface area (Å²) in [6.45, 7) is 0. The van der Waals surface area contributed by atoms with Gasteiger partial charge in [0.2, 0.25) is 5.91 Å². The Morgan fingerprint density at radius 3 is 2.51 bits per heavy atom. The molecule has 1 aliphatic rings. The van der Waals surface area contributed by atoms with Crippen molar-refractivity contribution in [1.29, 1.82) is 0 Å². The van der Waals surface area contributed by atoms with Crippen LogP contribution in [-0.4, -0.2) is 27.0 Å². The van der Waals surface area contributed by atoms with E-state index in [0.29, 0.717) is 5.82 Å². The number of carbonyl (C=O) groups excluding carboxylic acids is 1. The van der Waals surface area contributed by atoms with E-state index >= 15 is 0 Å². The summed E-state index contributed by atoms with van der Waals surface area (Å²) in [7, 11) is 0. The summed E-state index contributed by atoms with van der Waals surface area (Å²) in [5.41, 5.74) is 3.72. The van der Waals surface area contributed by atoms with Crippen molar-refractivity contribution < 1.29 is 14.7 Å². The highest BCUT2D eigenvalue weighted by molar-refractivity contribution is 7.13. The molecule has 1 aliphatic carbocycles. The van der Waals surface area contributed by atoms with E-state index < -0.39 is 11.9 Å². The van der Waals surface area contributed by atoms with Crippen molar-refractivity contribution in [2.75, 3.05) is 5.32 Å². The molecule has 0 spiro atoms. The molecule has 7 heteroatoms. The zero-order chi connectivity index (χ0) is 24.2. The van der Waals surface area contributed by atoms with Crippen LogP contribution in [0.15, 0.2) is 66.0 Å². The van der Waals surface area contributed by atoms with Gasteiger partial charge in [-0.2, -0.15) is 0 Å². The Kier molecular flexibility index (Phi) is 6.86. The smallest absolute Gasteiger partial charge is 0.307 e. The first-order valence-corrected chi connectivity index (χ1v) is 12.9. The zero-order valence-electron chi connectivity index (χ0n) is 19.3. The third-order valence-electron chi connectivity index (χ3n) is 6.72. The number of pyridine rings is 1. The second-order valence-electron chi connectivity index (χ2n) is 9.10. The number of carboxylic acid groups (broad SMARTS) is 1. The SMILES string of the molecule is O=C(C[C@H](C(=O)O)C1CCCCC1)Nc1ccc2ccc(-c3nc(-c4ccccc4)cs3)cc2n1. The normalized spacial score (nSPS) is 15.1. The summed E-state index contributed by atoms with van der Waals surface area (Å²) < 4.78 is 0. The molecule has 1 fully saturated rings. The van der Waals surface area contributed by atoms with E-state index in [1.807, 2.05) is 60.0 Å². The Balaban J connectivity index is 1.32. The molecule has 5 rings (SSSR count). The summed E-state index contributed by atoms with van der Waals surface area (Å²) in [5, 5.41) is 16.4. The van der Waals surface area contributed by atoms with Crippen molar-refractivity contribution in [2.24, 2.45) is 11.8 Å². The van der Waals surface area contributed by atoms with Gasteiger partial charge in [-0.3, -0.25) is 9.59 Å². The molecule has 6 nitrogen and oxygen atoms in total. The van der Waals surface area contributed by atoms with Crippen LogP contribution in [0.2, 0.25) is 0 Å². The summed E-state index contributed by atoms with van der Waals surface area (Å²) >= 11 is 1.58. The molecular weight excluding hydrogens is 458 g/mol.